The molecule has 24 heavy (non-hydrogen) atoms. The first-order valence-electron chi connectivity index (χ1n) is 7.62. The fraction of sp³-hybridized carbons (Fsp3) is 0.250. The average Bonchev–Trinajstić information content (AvgIpc) is 3.24. The minimum atomic E-state index is -0.303. The van der Waals surface area contributed by atoms with Gasteiger partial charge in [0.05, 0.1) is 11.7 Å². The predicted molar refractivity (Wildman–Crippen MR) is 87.3 cm³/mol. The maximum absolute atomic E-state index is 12.4. The number of para-hydroxylation sites is 1. The highest BCUT2D eigenvalue weighted by atomic mass is 16.3. The van der Waals surface area contributed by atoms with E-state index in [1.54, 1.807) is 35.0 Å². The minimum absolute atomic E-state index is 0.111. The molecule has 3 aromatic rings. The monoisotopic (exact) mass is 326 g/mol. The Labute approximate surface area is 138 Å². The molecular weight excluding hydrogens is 308 g/mol. The lowest BCUT2D eigenvalue weighted by atomic mass is 10.1. The van der Waals surface area contributed by atoms with Crippen molar-refractivity contribution in [2.75, 3.05) is 0 Å². The van der Waals surface area contributed by atoms with Gasteiger partial charge in [0.2, 0.25) is 0 Å². The van der Waals surface area contributed by atoms with E-state index >= 15 is 0 Å². The highest BCUT2D eigenvalue weighted by Gasteiger charge is 2.18. The first-order valence-corrected chi connectivity index (χ1v) is 7.62. The summed E-state index contributed by atoms with van der Waals surface area (Å²) >= 11 is 0. The number of amides is 1. The predicted octanol–water partition coefficient (Wildman–Crippen LogP) is 1.88. The molecule has 0 radical (unpaired) electrons. The lowest BCUT2D eigenvalue weighted by molar-refractivity contribution is 0.0932. The molecule has 3 N–H and O–H groups in total. The van der Waals surface area contributed by atoms with E-state index in [1.165, 1.54) is 6.33 Å². The molecule has 0 aliphatic carbocycles. The van der Waals surface area contributed by atoms with Crippen LogP contribution in [0.15, 0.2) is 36.7 Å². The molecule has 1 aromatic carbocycles. The number of carbonyl (C=O) groups excluding carboxylic acids is 1. The van der Waals surface area contributed by atoms with Crippen molar-refractivity contribution >= 4 is 5.91 Å². The molecule has 124 valence electrons. The second-order valence-electron chi connectivity index (χ2n) is 5.31. The van der Waals surface area contributed by atoms with Crippen LogP contribution in [0.1, 0.15) is 36.2 Å². The molecule has 0 bridgehead atoms. The van der Waals surface area contributed by atoms with Gasteiger partial charge in [-0.25, -0.2) is 9.67 Å². The summed E-state index contributed by atoms with van der Waals surface area (Å²) in [5.74, 6) is 0.494. The molecule has 8 nitrogen and oxygen atoms in total. The van der Waals surface area contributed by atoms with E-state index in [4.69, 9.17) is 0 Å². The summed E-state index contributed by atoms with van der Waals surface area (Å²) in [6.45, 7) is 4.48. The second kappa shape index (κ2) is 6.53. The number of H-pyrrole nitrogens is 1. The van der Waals surface area contributed by atoms with Gasteiger partial charge in [0.15, 0.2) is 0 Å². The zero-order valence-electron chi connectivity index (χ0n) is 13.4. The number of carbonyl (C=O) groups is 1. The third-order valence-electron chi connectivity index (χ3n) is 3.68. The van der Waals surface area contributed by atoms with Crippen LogP contribution in [0.2, 0.25) is 0 Å². The normalized spacial score (nSPS) is 12.1. The molecule has 2 aromatic heterocycles. The van der Waals surface area contributed by atoms with Crippen LogP contribution >= 0.6 is 0 Å². The van der Waals surface area contributed by atoms with Gasteiger partial charge >= 0.3 is 0 Å². The van der Waals surface area contributed by atoms with Gasteiger partial charge in [-0.1, -0.05) is 12.1 Å². The molecule has 2 heterocycles. The van der Waals surface area contributed by atoms with E-state index in [0.717, 1.165) is 0 Å². The average molecular weight is 326 g/mol. The van der Waals surface area contributed by atoms with E-state index in [0.29, 0.717) is 29.3 Å². The third-order valence-corrected chi connectivity index (χ3v) is 3.68. The number of phenols is 1. The lowest BCUT2D eigenvalue weighted by Crippen LogP contribution is -2.29. The van der Waals surface area contributed by atoms with Gasteiger partial charge in [-0.15, -0.1) is 0 Å². The largest absolute Gasteiger partial charge is 0.507 e. The summed E-state index contributed by atoms with van der Waals surface area (Å²) in [5, 5.41) is 23.6. The molecule has 0 aliphatic heterocycles. The quantitative estimate of drug-likeness (QED) is 0.663. The highest BCUT2D eigenvalue weighted by molar-refractivity contribution is 5.93. The van der Waals surface area contributed by atoms with Crippen LogP contribution in [0.25, 0.3) is 11.3 Å². The number of aryl methyl sites for hydroxylation is 1. The van der Waals surface area contributed by atoms with Crippen LogP contribution in [0.3, 0.4) is 0 Å². The Kier molecular flexibility index (Phi) is 4.28. The van der Waals surface area contributed by atoms with Crippen LogP contribution in [0, 0.1) is 0 Å². The Morgan fingerprint density at radius 1 is 1.42 bits per heavy atom. The smallest absolute Gasteiger partial charge is 0.269 e. The fourth-order valence-electron chi connectivity index (χ4n) is 2.46. The number of hydrogen-bond donors (Lipinski definition) is 3. The lowest BCUT2D eigenvalue weighted by Gasteiger charge is -2.13. The number of nitrogens with zero attached hydrogens (tertiary/aromatic N) is 4. The van der Waals surface area contributed by atoms with Crippen molar-refractivity contribution in [3.8, 4) is 17.0 Å². The van der Waals surface area contributed by atoms with Gasteiger partial charge in [-0.2, -0.15) is 10.2 Å². The van der Waals surface area contributed by atoms with Crippen molar-refractivity contribution in [3.63, 3.8) is 0 Å². The van der Waals surface area contributed by atoms with Crippen molar-refractivity contribution in [2.24, 2.45) is 0 Å². The summed E-state index contributed by atoms with van der Waals surface area (Å²) in [6, 6.07) is 8.13. The van der Waals surface area contributed by atoms with Gasteiger partial charge in [0.1, 0.15) is 23.6 Å². The zero-order valence-corrected chi connectivity index (χ0v) is 13.4. The SMILES string of the molecule is CCn1ncnc1C(C)NC(=O)c1cc(-c2ccccc2O)n[nH]1. The van der Waals surface area contributed by atoms with Gasteiger partial charge in [0, 0.05) is 12.1 Å². The van der Waals surface area contributed by atoms with Crippen LogP contribution in [-0.4, -0.2) is 36.0 Å². The molecule has 0 saturated carbocycles. The standard InChI is InChI=1S/C16H18N6O2/c1-3-22-15(17-9-18-22)10(2)19-16(24)13-8-12(20-21-13)11-6-4-5-7-14(11)23/h4-10,23H,3H2,1-2H3,(H,19,24)(H,20,21). The number of rotatable bonds is 5. The molecule has 0 fully saturated rings. The summed E-state index contributed by atoms with van der Waals surface area (Å²) in [4.78, 5) is 16.6. The van der Waals surface area contributed by atoms with Crippen molar-refractivity contribution in [3.05, 3.63) is 48.2 Å². The van der Waals surface area contributed by atoms with E-state index in [-0.39, 0.29) is 17.7 Å². The van der Waals surface area contributed by atoms with E-state index in [2.05, 4.69) is 25.6 Å². The topological polar surface area (TPSA) is 109 Å². The summed E-state index contributed by atoms with van der Waals surface area (Å²) < 4.78 is 1.73. The number of benzene rings is 1. The number of aromatic hydroxyl groups is 1. The fourth-order valence-corrected chi connectivity index (χ4v) is 2.46. The van der Waals surface area contributed by atoms with Gasteiger partial charge < -0.3 is 10.4 Å². The summed E-state index contributed by atoms with van der Waals surface area (Å²) in [7, 11) is 0. The molecule has 0 aliphatic rings. The van der Waals surface area contributed by atoms with E-state index in [1.807, 2.05) is 13.8 Å². The molecule has 1 amide bonds. The minimum Gasteiger partial charge on any atom is -0.507 e. The molecule has 0 spiro atoms. The zero-order chi connectivity index (χ0) is 17.1. The maximum atomic E-state index is 12.4. The first-order chi connectivity index (χ1) is 11.6. The van der Waals surface area contributed by atoms with Gasteiger partial charge in [0.25, 0.3) is 5.91 Å². The van der Waals surface area contributed by atoms with Crippen LogP contribution in [0.5, 0.6) is 5.75 Å². The number of phenolic OH excluding ortho intramolecular Hbond substituents is 1. The second-order valence-corrected chi connectivity index (χ2v) is 5.31. The van der Waals surface area contributed by atoms with Crippen LogP contribution in [-0.2, 0) is 6.54 Å². The summed E-state index contributed by atoms with van der Waals surface area (Å²) in [6.07, 6.45) is 1.47. The Balaban J connectivity index is 1.76. The molecule has 3 rings (SSSR count). The molecule has 1 atom stereocenters. The van der Waals surface area contributed by atoms with Crippen molar-refractivity contribution < 1.29 is 9.90 Å². The Morgan fingerprint density at radius 3 is 2.96 bits per heavy atom. The number of nitrogens with one attached hydrogen (secondary N) is 2. The number of hydrogen-bond acceptors (Lipinski definition) is 5. The van der Waals surface area contributed by atoms with Crippen LogP contribution < -0.4 is 5.32 Å². The third kappa shape index (κ3) is 2.98. The van der Waals surface area contributed by atoms with Crippen molar-refractivity contribution in [1.82, 2.24) is 30.3 Å². The Morgan fingerprint density at radius 2 is 2.21 bits per heavy atom. The Bertz CT molecular complexity index is 854. The summed E-state index contributed by atoms with van der Waals surface area (Å²) in [5.41, 5.74) is 1.37. The van der Waals surface area contributed by atoms with Crippen molar-refractivity contribution in [1.29, 1.82) is 0 Å². The van der Waals surface area contributed by atoms with Gasteiger partial charge in [-0.3, -0.25) is 9.89 Å². The van der Waals surface area contributed by atoms with Gasteiger partial charge in [-0.05, 0) is 32.0 Å². The Hall–Kier alpha value is -3.16. The van der Waals surface area contributed by atoms with Crippen molar-refractivity contribution in [2.45, 2.75) is 26.4 Å². The molecule has 1 unspecified atom stereocenters. The first kappa shape index (κ1) is 15.7. The number of aromatic nitrogens is 5. The highest BCUT2D eigenvalue weighted by Crippen LogP contribution is 2.27. The van der Waals surface area contributed by atoms with E-state index < -0.39 is 0 Å². The molecular formula is C16H18N6O2. The number of aromatic amines is 1. The molecule has 0 saturated heterocycles. The van der Waals surface area contributed by atoms with E-state index in [9.17, 15) is 9.90 Å². The molecule has 8 heteroatoms. The maximum Gasteiger partial charge on any atom is 0.269 e. The van der Waals surface area contributed by atoms with Crippen LogP contribution in [0.4, 0.5) is 0 Å².